The van der Waals surface area contributed by atoms with Gasteiger partial charge >= 0.3 is 0 Å². The summed E-state index contributed by atoms with van der Waals surface area (Å²) in [5.74, 6) is 0.977. The lowest BCUT2D eigenvalue weighted by molar-refractivity contribution is -0.110. The number of hydrogen-bond donors (Lipinski definition) is 0. The summed E-state index contributed by atoms with van der Waals surface area (Å²) in [6, 6.07) is 0. The van der Waals surface area contributed by atoms with Crippen molar-refractivity contribution < 1.29 is 4.79 Å². The van der Waals surface area contributed by atoms with E-state index in [1.807, 2.05) is 6.92 Å². The first-order valence-electron chi connectivity index (χ1n) is 5.30. The lowest BCUT2D eigenvalue weighted by Crippen LogP contribution is -2.12. The smallest absolute Gasteiger partial charge is 0.122 e. The van der Waals surface area contributed by atoms with Crippen molar-refractivity contribution in [3.63, 3.8) is 0 Å². The van der Waals surface area contributed by atoms with Gasteiger partial charge in [-0.3, -0.25) is 0 Å². The van der Waals surface area contributed by atoms with Gasteiger partial charge in [-0.25, -0.2) is 0 Å². The average molecular weight is 184 g/mol. The zero-order valence-corrected chi connectivity index (χ0v) is 9.76. The molecule has 0 amide bonds. The zero-order valence-electron chi connectivity index (χ0n) is 9.76. The summed E-state index contributed by atoms with van der Waals surface area (Å²) in [7, 11) is 0. The summed E-state index contributed by atoms with van der Waals surface area (Å²) in [4.78, 5) is 10.4. The molecule has 0 fully saturated rings. The van der Waals surface area contributed by atoms with Gasteiger partial charge in [0.1, 0.15) is 6.29 Å². The van der Waals surface area contributed by atoms with Gasteiger partial charge in [0.25, 0.3) is 0 Å². The molecule has 0 aliphatic heterocycles. The Morgan fingerprint density at radius 1 is 1.15 bits per heavy atom. The molecular weight excluding hydrogens is 160 g/mol. The molecule has 0 rings (SSSR count). The molecule has 13 heavy (non-hydrogen) atoms. The molecule has 1 nitrogen and oxygen atoms in total. The van der Waals surface area contributed by atoms with Gasteiger partial charge in [-0.1, -0.05) is 41.0 Å². The number of carbonyl (C=O) groups excluding carboxylic acids is 1. The third-order valence-corrected chi connectivity index (χ3v) is 2.31. The topological polar surface area (TPSA) is 17.1 Å². The van der Waals surface area contributed by atoms with E-state index in [4.69, 9.17) is 0 Å². The molecule has 2 unspecified atom stereocenters. The van der Waals surface area contributed by atoms with Crippen LogP contribution < -0.4 is 0 Å². The van der Waals surface area contributed by atoms with Crippen molar-refractivity contribution in [2.75, 3.05) is 0 Å². The molecule has 2 atom stereocenters. The fourth-order valence-corrected chi connectivity index (χ4v) is 1.76. The lowest BCUT2D eigenvalue weighted by Gasteiger charge is -2.23. The van der Waals surface area contributed by atoms with E-state index in [2.05, 4.69) is 27.7 Å². The predicted octanol–water partition coefficient (Wildman–Crippen LogP) is 3.67. The summed E-state index contributed by atoms with van der Waals surface area (Å²) < 4.78 is 0. The molecule has 0 spiro atoms. The summed E-state index contributed by atoms with van der Waals surface area (Å²) in [6.07, 6.45) is 4.53. The number of carbonyl (C=O) groups is 1. The summed E-state index contributed by atoms with van der Waals surface area (Å²) >= 11 is 0. The van der Waals surface area contributed by atoms with Crippen LogP contribution in [0.25, 0.3) is 0 Å². The van der Waals surface area contributed by atoms with Crippen LogP contribution in [0.5, 0.6) is 0 Å². The third kappa shape index (κ3) is 8.01. The van der Waals surface area contributed by atoms with Gasteiger partial charge in [-0.15, -0.1) is 0 Å². The molecule has 0 bridgehead atoms. The number of hydrogen-bond acceptors (Lipinski definition) is 1. The lowest BCUT2D eigenvalue weighted by atomic mass is 9.83. The van der Waals surface area contributed by atoms with Crippen LogP contribution in [0, 0.1) is 17.3 Å². The Balaban J connectivity index is 3.63. The molecule has 0 aromatic carbocycles. The first-order valence-corrected chi connectivity index (χ1v) is 5.30. The molecule has 0 heterocycles. The second-order valence-electron chi connectivity index (χ2n) is 5.56. The van der Waals surface area contributed by atoms with Crippen LogP contribution in [0.15, 0.2) is 0 Å². The molecule has 0 saturated carbocycles. The van der Waals surface area contributed by atoms with Gasteiger partial charge < -0.3 is 4.79 Å². The van der Waals surface area contributed by atoms with Gasteiger partial charge in [0.2, 0.25) is 0 Å². The highest BCUT2D eigenvalue weighted by atomic mass is 16.1. The van der Waals surface area contributed by atoms with Crippen LogP contribution in [0.4, 0.5) is 0 Å². The van der Waals surface area contributed by atoms with Gasteiger partial charge in [-0.2, -0.15) is 0 Å². The molecule has 0 radical (unpaired) electrons. The Labute approximate surface area is 82.9 Å². The van der Waals surface area contributed by atoms with E-state index < -0.39 is 0 Å². The maximum absolute atomic E-state index is 10.4. The molecule has 78 valence electrons. The van der Waals surface area contributed by atoms with E-state index in [0.717, 1.165) is 18.6 Å². The molecule has 1 heteroatoms. The largest absolute Gasteiger partial charge is 0.303 e. The highest BCUT2D eigenvalue weighted by molar-refractivity contribution is 5.52. The van der Waals surface area contributed by atoms with Crippen molar-refractivity contribution in [3.8, 4) is 0 Å². The van der Waals surface area contributed by atoms with Crippen molar-refractivity contribution in [1.82, 2.24) is 0 Å². The van der Waals surface area contributed by atoms with Crippen LogP contribution in [0.3, 0.4) is 0 Å². The van der Waals surface area contributed by atoms with Crippen LogP contribution in [0.2, 0.25) is 0 Å². The van der Waals surface area contributed by atoms with E-state index >= 15 is 0 Å². The fraction of sp³-hybridized carbons (Fsp3) is 0.917. The molecule has 0 aromatic rings. The zero-order chi connectivity index (χ0) is 10.5. The van der Waals surface area contributed by atoms with Crippen molar-refractivity contribution in [1.29, 1.82) is 0 Å². The summed E-state index contributed by atoms with van der Waals surface area (Å²) in [5, 5.41) is 0. The predicted molar refractivity (Wildman–Crippen MR) is 57.7 cm³/mol. The molecule has 0 aliphatic carbocycles. The second-order valence-corrected chi connectivity index (χ2v) is 5.56. The molecule has 0 saturated heterocycles. The average Bonchev–Trinajstić information content (AvgIpc) is 1.97. The first-order chi connectivity index (χ1) is 5.85. The van der Waals surface area contributed by atoms with E-state index in [1.54, 1.807) is 0 Å². The maximum Gasteiger partial charge on any atom is 0.122 e. The van der Waals surface area contributed by atoms with E-state index in [9.17, 15) is 4.79 Å². The summed E-state index contributed by atoms with van der Waals surface area (Å²) in [6.45, 7) is 11.1. The van der Waals surface area contributed by atoms with E-state index in [1.165, 1.54) is 12.8 Å². The Kier molecular flexibility index (Phi) is 5.27. The molecule has 0 N–H and O–H groups in total. The minimum Gasteiger partial charge on any atom is -0.303 e. The highest BCUT2D eigenvalue weighted by Crippen LogP contribution is 2.27. The highest BCUT2D eigenvalue weighted by Gasteiger charge is 2.15. The van der Waals surface area contributed by atoms with Gasteiger partial charge in [-0.05, 0) is 24.2 Å². The molecule has 0 aromatic heterocycles. The quantitative estimate of drug-likeness (QED) is 0.596. The monoisotopic (exact) mass is 184 g/mol. The minimum absolute atomic E-state index is 0.238. The minimum atomic E-state index is 0.238. The maximum atomic E-state index is 10.4. The van der Waals surface area contributed by atoms with E-state index in [-0.39, 0.29) is 5.92 Å². The van der Waals surface area contributed by atoms with Crippen LogP contribution in [-0.2, 0) is 4.79 Å². The van der Waals surface area contributed by atoms with Gasteiger partial charge in [0, 0.05) is 5.92 Å². The number of aldehydes is 1. The third-order valence-electron chi connectivity index (χ3n) is 2.31. The van der Waals surface area contributed by atoms with Crippen molar-refractivity contribution in [3.05, 3.63) is 0 Å². The Morgan fingerprint density at radius 2 is 1.69 bits per heavy atom. The standard InChI is InChI=1S/C12H24O/c1-10(8-12(3,4)5)6-7-11(2)9-13/h9-11H,6-8H2,1-5H3. The normalized spacial score (nSPS) is 16.7. The molecule has 0 aliphatic rings. The first kappa shape index (κ1) is 12.7. The van der Waals surface area contributed by atoms with Crippen molar-refractivity contribution in [2.45, 2.75) is 53.9 Å². The summed E-state index contributed by atoms with van der Waals surface area (Å²) in [5.41, 5.74) is 0.420. The Bertz CT molecular complexity index is 144. The van der Waals surface area contributed by atoms with Gasteiger partial charge in [0.15, 0.2) is 0 Å². The van der Waals surface area contributed by atoms with Crippen LogP contribution >= 0.6 is 0 Å². The Hall–Kier alpha value is -0.330. The second kappa shape index (κ2) is 5.41. The van der Waals surface area contributed by atoms with E-state index in [0.29, 0.717) is 5.41 Å². The van der Waals surface area contributed by atoms with Crippen LogP contribution in [0.1, 0.15) is 53.9 Å². The SMILES string of the molecule is CC(C=O)CCC(C)CC(C)(C)C. The van der Waals surface area contributed by atoms with Crippen LogP contribution in [-0.4, -0.2) is 6.29 Å². The number of rotatable bonds is 5. The van der Waals surface area contributed by atoms with Gasteiger partial charge in [0.05, 0.1) is 0 Å². The Morgan fingerprint density at radius 3 is 2.08 bits per heavy atom. The van der Waals surface area contributed by atoms with Crippen molar-refractivity contribution >= 4 is 6.29 Å². The molecular formula is C12H24O. The fourth-order valence-electron chi connectivity index (χ4n) is 1.76. The van der Waals surface area contributed by atoms with Crippen molar-refractivity contribution in [2.24, 2.45) is 17.3 Å².